The maximum absolute atomic E-state index is 14.5. The second kappa shape index (κ2) is 15.7. The Kier molecular flexibility index (Phi) is 10.8. The van der Waals surface area contributed by atoms with Gasteiger partial charge in [-0.1, -0.05) is 54.8 Å². The highest BCUT2D eigenvalue weighted by molar-refractivity contribution is 7.91. The molecule has 4 amide bonds. The number of nitrogens with zero attached hydrogens (tertiary/aromatic N) is 2. The fourth-order valence-corrected chi connectivity index (χ4v) is 9.40. The zero-order valence-electron chi connectivity index (χ0n) is 32.8. The molecule has 2 aliphatic heterocycles. The van der Waals surface area contributed by atoms with Crippen LogP contribution in [0.5, 0.6) is 11.5 Å². The first-order valence-corrected chi connectivity index (χ1v) is 21.5. The lowest BCUT2D eigenvalue weighted by Crippen LogP contribution is -2.58. The molecule has 2 saturated carbocycles. The number of fused-ring (bicyclic) bond motifs is 5. The summed E-state index contributed by atoms with van der Waals surface area (Å²) < 4.78 is 86.9. The van der Waals surface area contributed by atoms with E-state index in [0.29, 0.717) is 60.0 Å². The van der Waals surface area contributed by atoms with Crippen molar-refractivity contribution in [3.8, 4) is 22.8 Å². The Balaban J connectivity index is 1.16. The monoisotopic (exact) mass is 851 g/mol. The zero-order valence-corrected chi connectivity index (χ0v) is 33.7. The van der Waals surface area contributed by atoms with E-state index in [1.807, 2.05) is 42.6 Å². The summed E-state index contributed by atoms with van der Waals surface area (Å²) in [5.74, 6) is -4.79. The van der Waals surface area contributed by atoms with Crippen molar-refractivity contribution in [3.05, 3.63) is 66.2 Å². The van der Waals surface area contributed by atoms with E-state index in [1.54, 1.807) is 30.3 Å². The predicted octanol–water partition coefficient (Wildman–Crippen LogP) is 5.36. The Morgan fingerprint density at radius 3 is 2.52 bits per heavy atom. The molecule has 0 radical (unpaired) electrons. The predicted molar refractivity (Wildman–Crippen MR) is 212 cm³/mol. The van der Waals surface area contributed by atoms with E-state index in [1.165, 1.54) is 7.11 Å². The third-order valence-corrected chi connectivity index (χ3v) is 13.5. The number of nitrogens with one attached hydrogen (secondary N) is 3. The third kappa shape index (κ3) is 8.25. The van der Waals surface area contributed by atoms with E-state index in [0.717, 1.165) is 16.0 Å². The van der Waals surface area contributed by atoms with Crippen molar-refractivity contribution in [2.24, 2.45) is 5.92 Å². The van der Waals surface area contributed by atoms with E-state index >= 15 is 0 Å². The number of sulfonamides is 1. The number of allylic oxidation sites excluding steroid dienone is 1. The number of carbonyl (C=O) groups excluding carboxylic acids is 4. The molecule has 2 aromatic heterocycles. The first-order valence-electron chi connectivity index (χ1n) is 19.9. The van der Waals surface area contributed by atoms with Crippen LogP contribution in [0.2, 0.25) is 0 Å². The molecule has 3 N–H and O–H groups in total. The van der Waals surface area contributed by atoms with Gasteiger partial charge in [0.25, 0.3) is 5.91 Å². The number of carbonyl (C=O) groups is 4. The van der Waals surface area contributed by atoms with Crippen LogP contribution < -0.4 is 24.8 Å². The van der Waals surface area contributed by atoms with Crippen LogP contribution in [0.1, 0.15) is 63.4 Å². The third-order valence-electron chi connectivity index (χ3n) is 11.6. The lowest BCUT2D eigenvalue weighted by molar-refractivity contribution is -0.175. The summed E-state index contributed by atoms with van der Waals surface area (Å²) in [6, 6.07) is 11.5. The number of pyridine rings is 1. The van der Waals surface area contributed by atoms with Crippen molar-refractivity contribution in [1.29, 1.82) is 0 Å². The topological polar surface area (TPSA) is 186 Å². The van der Waals surface area contributed by atoms with E-state index < -0.39 is 74.7 Å². The Bertz CT molecular complexity index is 2500. The Morgan fingerprint density at radius 2 is 1.80 bits per heavy atom. The number of hydrogen-bond donors (Lipinski definition) is 3. The van der Waals surface area contributed by atoms with E-state index in [2.05, 4.69) is 10.0 Å². The van der Waals surface area contributed by atoms with Crippen LogP contribution >= 0.6 is 0 Å². The molecule has 60 heavy (non-hydrogen) atoms. The van der Waals surface area contributed by atoms with Gasteiger partial charge in [-0.15, -0.1) is 0 Å². The van der Waals surface area contributed by atoms with Gasteiger partial charge in [-0.25, -0.2) is 13.4 Å². The van der Waals surface area contributed by atoms with Crippen LogP contribution in [0.4, 0.5) is 13.2 Å². The molecule has 2 aromatic carbocycles. The van der Waals surface area contributed by atoms with Crippen LogP contribution in [0.25, 0.3) is 33.3 Å². The minimum atomic E-state index is -5.28. The highest BCUT2D eigenvalue weighted by Gasteiger charge is 2.62. The molecule has 8 rings (SSSR count). The number of methoxy groups -OCH3 is 1. The van der Waals surface area contributed by atoms with Crippen molar-refractivity contribution in [1.82, 2.24) is 25.2 Å². The van der Waals surface area contributed by atoms with Gasteiger partial charge in [0.15, 0.2) is 11.3 Å². The average molecular weight is 852 g/mol. The number of aromatic nitrogens is 1. The molecule has 0 bridgehead atoms. The van der Waals surface area contributed by atoms with Crippen molar-refractivity contribution in [3.63, 3.8) is 0 Å². The highest BCUT2D eigenvalue weighted by Crippen LogP contribution is 2.46. The van der Waals surface area contributed by atoms with Crippen molar-refractivity contribution >= 4 is 55.7 Å². The van der Waals surface area contributed by atoms with Crippen LogP contribution in [0.3, 0.4) is 0 Å². The zero-order chi connectivity index (χ0) is 42.6. The summed E-state index contributed by atoms with van der Waals surface area (Å²) in [4.78, 5) is 60.9. The summed E-state index contributed by atoms with van der Waals surface area (Å²) in [5.41, 5.74) is 1.79. The number of amides is 4. The van der Waals surface area contributed by atoms with Gasteiger partial charge in [0.05, 0.1) is 30.0 Å². The maximum atomic E-state index is 14.5. The summed E-state index contributed by atoms with van der Waals surface area (Å²) in [5, 5.41) is 4.50. The van der Waals surface area contributed by atoms with Crippen LogP contribution in [-0.2, 0) is 29.2 Å². The quantitative estimate of drug-likeness (QED) is 0.195. The van der Waals surface area contributed by atoms with E-state index in [9.17, 15) is 40.8 Å². The fraction of sp³-hybridized carbons (Fsp3) is 0.452. The van der Waals surface area contributed by atoms with Crippen molar-refractivity contribution in [2.75, 3.05) is 13.7 Å². The van der Waals surface area contributed by atoms with Crippen LogP contribution in [0, 0.1) is 12.8 Å². The number of benzene rings is 2. The largest absolute Gasteiger partial charge is 0.497 e. The molecule has 14 nitrogen and oxygen atoms in total. The van der Waals surface area contributed by atoms with Gasteiger partial charge in [0.2, 0.25) is 21.8 Å². The summed E-state index contributed by atoms with van der Waals surface area (Å²) in [6.07, 6.45) is -0.220. The lowest BCUT2D eigenvalue weighted by Gasteiger charge is -2.30. The molecule has 3 fully saturated rings. The molecule has 0 spiro atoms. The number of hydrogen-bond acceptors (Lipinski definition) is 10. The van der Waals surface area contributed by atoms with Gasteiger partial charge in [-0.3, -0.25) is 23.9 Å². The smallest absolute Gasteiger partial charge is 0.471 e. The van der Waals surface area contributed by atoms with Crippen molar-refractivity contribution in [2.45, 2.75) is 99.9 Å². The molecular formula is C42H44F3N5O9S. The van der Waals surface area contributed by atoms with Crippen molar-refractivity contribution < 1.29 is 54.7 Å². The number of alkyl halides is 3. The first kappa shape index (κ1) is 41.1. The Hall–Kier alpha value is -5.65. The van der Waals surface area contributed by atoms with Gasteiger partial charge < -0.3 is 29.4 Å². The van der Waals surface area contributed by atoms with Crippen LogP contribution in [0.15, 0.2) is 65.1 Å². The maximum Gasteiger partial charge on any atom is 0.471 e. The highest BCUT2D eigenvalue weighted by atomic mass is 32.2. The second-order valence-electron chi connectivity index (χ2n) is 16.0. The number of halogens is 3. The number of ether oxygens (including phenoxy) is 2. The minimum Gasteiger partial charge on any atom is -0.497 e. The average Bonchev–Trinajstić information content (AvgIpc) is 4.11. The van der Waals surface area contributed by atoms with Gasteiger partial charge in [-0.05, 0) is 63.6 Å². The Morgan fingerprint density at radius 1 is 1.03 bits per heavy atom. The minimum absolute atomic E-state index is 0.0831. The van der Waals surface area contributed by atoms with E-state index in [4.69, 9.17) is 18.9 Å². The molecule has 4 heterocycles. The molecule has 4 aromatic rings. The standard InChI is InChI=1S/C42H44F3N5O9S/c1-23-10-12-24(13-11-23)31-20-34(36-35(46-31)29-18-26(57-2)14-17-33(29)59-36)58-27-19-32-37(51)48-41(39(53)49-60(55,56)28-15-16-28)21-25(41)8-6-4-3-5-7-9-30(38(52)50(32)22-27)47-40(54)42(43,44)45/h6,8,10-14,17-18,20,25,27-28,30,32H,3-5,7,9,15-16,19,21-22H2,1-2H3,(H,47,54)(H,48,51)(H,49,53)/t25-,27-,30+,32+,41-/m1/s1. The molecule has 318 valence electrons. The molecule has 1 saturated heterocycles. The lowest BCUT2D eigenvalue weighted by atomic mass is 10.0. The van der Waals surface area contributed by atoms with Gasteiger partial charge in [-0.2, -0.15) is 13.2 Å². The summed E-state index contributed by atoms with van der Waals surface area (Å²) in [7, 11) is -2.47. The fourth-order valence-electron chi connectivity index (χ4n) is 8.04. The Labute approximate surface area is 343 Å². The summed E-state index contributed by atoms with van der Waals surface area (Å²) >= 11 is 0. The second-order valence-corrected chi connectivity index (χ2v) is 18.0. The molecule has 0 unspecified atom stereocenters. The first-order chi connectivity index (χ1) is 28.6. The van der Waals surface area contributed by atoms with Crippen LogP contribution in [-0.4, -0.2) is 90.7 Å². The molecule has 18 heteroatoms. The van der Waals surface area contributed by atoms with Gasteiger partial charge in [0, 0.05) is 24.0 Å². The number of rotatable bonds is 8. The SMILES string of the molecule is COc1ccc2oc3c(O[C@@H]4C[C@H]5C(=O)N[C@]6(C(=O)NS(=O)(=O)C7CC7)C[C@H]6C=CCCCCC[C@H](NC(=O)C(F)(F)F)C(=O)N5C4)cc(-c4ccc(C)cc4)nc3c2c1. The molecule has 5 atom stereocenters. The molecular weight excluding hydrogens is 808 g/mol. The molecule has 2 aliphatic carbocycles. The van der Waals surface area contributed by atoms with Gasteiger partial charge in [0.1, 0.15) is 40.6 Å². The normalized spacial score (nSPS) is 25.1. The van der Waals surface area contributed by atoms with E-state index in [-0.39, 0.29) is 43.6 Å². The molecule has 4 aliphatic rings. The summed E-state index contributed by atoms with van der Waals surface area (Å²) in [6.45, 7) is 1.65. The van der Waals surface area contributed by atoms with Gasteiger partial charge >= 0.3 is 12.1 Å². The number of aryl methyl sites for hydroxylation is 1. The number of furan rings is 1.